The van der Waals surface area contributed by atoms with Gasteiger partial charge in [-0.3, -0.25) is 4.79 Å². The maximum absolute atomic E-state index is 13.4. The predicted octanol–water partition coefficient (Wildman–Crippen LogP) is 2.55. The molecule has 0 atom stereocenters. The molecular formula is C18H20FNO5. The molecule has 0 aromatic heterocycles. The zero-order valence-corrected chi connectivity index (χ0v) is 14.3. The third-order valence-corrected chi connectivity index (χ3v) is 3.46. The third-order valence-electron chi connectivity index (χ3n) is 3.46. The molecule has 0 heterocycles. The Balaban J connectivity index is 1.98. The second-order valence-electron chi connectivity index (χ2n) is 5.01. The molecule has 6 nitrogen and oxygen atoms in total. The van der Waals surface area contributed by atoms with E-state index in [1.165, 1.54) is 33.5 Å². The number of hydrogen-bond acceptors (Lipinski definition) is 5. The zero-order chi connectivity index (χ0) is 18.2. The van der Waals surface area contributed by atoms with Gasteiger partial charge in [-0.15, -0.1) is 0 Å². The lowest BCUT2D eigenvalue weighted by atomic mass is 10.1. The molecule has 134 valence electrons. The number of nitrogens with one attached hydrogen (secondary N) is 1. The molecule has 0 radical (unpaired) electrons. The van der Waals surface area contributed by atoms with Crippen LogP contribution in [0.3, 0.4) is 0 Å². The Hall–Kier alpha value is -2.96. The van der Waals surface area contributed by atoms with E-state index in [0.29, 0.717) is 22.8 Å². The molecule has 2 aromatic carbocycles. The molecule has 0 saturated heterocycles. The van der Waals surface area contributed by atoms with Gasteiger partial charge in [0.1, 0.15) is 5.75 Å². The Bertz CT molecular complexity index is 735. The lowest BCUT2D eigenvalue weighted by Gasteiger charge is -2.14. The number of ether oxygens (including phenoxy) is 4. The average Bonchev–Trinajstić information content (AvgIpc) is 2.64. The second-order valence-corrected chi connectivity index (χ2v) is 5.01. The molecule has 0 spiro atoms. The summed E-state index contributed by atoms with van der Waals surface area (Å²) in [6, 6.07) is 9.30. The summed E-state index contributed by atoms with van der Waals surface area (Å²) < 4.78 is 34.4. The van der Waals surface area contributed by atoms with E-state index >= 15 is 0 Å². The third kappa shape index (κ3) is 4.76. The molecule has 0 saturated carbocycles. The highest BCUT2D eigenvalue weighted by atomic mass is 19.1. The van der Waals surface area contributed by atoms with Gasteiger partial charge in [0.25, 0.3) is 5.91 Å². The van der Waals surface area contributed by atoms with Crippen LogP contribution in [0.25, 0.3) is 0 Å². The fourth-order valence-electron chi connectivity index (χ4n) is 2.18. The highest BCUT2D eigenvalue weighted by molar-refractivity contribution is 5.77. The van der Waals surface area contributed by atoms with Crippen molar-refractivity contribution in [1.82, 2.24) is 5.32 Å². The van der Waals surface area contributed by atoms with Crippen molar-refractivity contribution >= 4 is 5.91 Å². The Morgan fingerprint density at radius 2 is 1.60 bits per heavy atom. The van der Waals surface area contributed by atoms with Crippen LogP contribution in [0.4, 0.5) is 4.39 Å². The van der Waals surface area contributed by atoms with Gasteiger partial charge in [0.15, 0.2) is 29.7 Å². The predicted molar refractivity (Wildman–Crippen MR) is 89.8 cm³/mol. The fraction of sp³-hybridized carbons (Fsp3) is 0.278. The summed E-state index contributed by atoms with van der Waals surface area (Å²) in [6.45, 7) is -0.0977. The fourth-order valence-corrected chi connectivity index (χ4v) is 2.18. The van der Waals surface area contributed by atoms with Crippen LogP contribution in [0.5, 0.6) is 23.0 Å². The number of para-hydroxylation sites is 1. The van der Waals surface area contributed by atoms with Gasteiger partial charge in [0.2, 0.25) is 0 Å². The largest absolute Gasteiger partial charge is 0.496 e. The number of carbonyl (C=O) groups is 1. The first kappa shape index (κ1) is 18.4. The Labute approximate surface area is 145 Å². The molecular weight excluding hydrogens is 329 g/mol. The van der Waals surface area contributed by atoms with Crippen LogP contribution in [-0.4, -0.2) is 33.8 Å². The first-order valence-corrected chi connectivity index (χ1v) is 7.52. The van der Waals surface area contributed by atoms with Gasteiger partial charge >= 0.3 is 0 Å². The van der Waals surface area contributed by atoms with Gasteiger partial charge < -0.3 is 24.3 Å². The normalized spacial score (nSPS) is 10.1. The van der Waals surface area contributed by atoms with Crippen LogP contribution in [0.1, 0.15) is 5.56 Å². The van der Waals surface area contributed by atoms with Gasteiger partial charge in [-0.2, -0.15) is 0 Å². The minimum absolute atomic E-state index is 0.0290. The molecule has 1 N–H and O–H groups in total. The lowest BCUT2D eigenvalue weighted by molar-refractivity contribution is -0.123. The average molecular weight is 349 g/mol. The zero-order valence-electron chi connectivity index (χ0n) is 14.3. The SMILES string of the molecule is COc1cc(OC)c(OC)cc1CNC(=O)COc1ccccc1F. The van der Waals surface area contributed by atoms with Crippen molar-refractivity contribution in [2.24, 2.45) is 0 Å². The van der Waals surface area contributed by atoms with Crippen LogP contribution in [-0.2, 0) is 11.3 Å². The summed E-state index contributed by atoms with van der Waals surface area (Å²) in [5.74, 6) is 0.721. The molecule has 0 aliphatic carbocycles. The smallest absolute Gasteiger partial charge is 0.258 e. The van der Waals surface area contributed by atoms with E-state index in [1.54, 1.807) is 24.3 Å². The van der Waals surface area contributed by atoms with Gasteiger partial charge in [-0.1, -0.05) is 12.1 Å². The van der Waals surface area contributed by atoms with Crippen LogP contribution >= 0.6 is 0 Å². The van der Waals surface area contributed by atoms with Crippen LogP contribution in [0, 0.1) is 5.82 Å². The molecule has 0 bridgehead atoms. The number of rotatable bonds is 8. The molecule has 0 unspecified atom stereocenters. The van der Waals surface area contributed by atoms with Crippen LogP contribution in [0.15, 0.2) is 36.4 Å². The summed E-state index contributed by atoms with van der Waals surface area (Å²) in [6.07, 6.45) is 0. The maximum Gasteiger partial charge on any atom is 0.258 e. The van der Waals surface area contributed by atoms with Gasteiger partial charge in [0.05, 0.1) is 21.3 Å². The first-order chi connectivity index (χ1) is 12.1. The summed E-state index contributed by atoms with van der Waals surface area (Å²) in [5.41, 5.74) is 0.708. The Morgan fingerprint density at radius 3 is 2.24 bits per heavy atom. The van der Waals surface area contributed by atoms with E-state index in [1.807, 2.05) is 0 Å². The van der Waals surface area contributed by atoms with E-state index < -0.39 is 5.82 Å². The van der Waals surface area contributed by atoms with Crippen molar-refractivity contribution in [3.05, 3.63) is 47.8 Å². The Morgan fingerprint density at radius 1 is 0.960 bits per heavy atom. The minimum atomic E-state index is -0.517. The van der Waals surface area contributed by atoms with Crippen molar-refractivity contribution in [1.29, 1.82) is 0 Å². The number of amides is 1. The maximum atomic E-state index is 13.4. The molecule has 2 aromatic rings. The standard InChI is InChI=1S/C18H20FNO5/c1-22-15-9-17(24-3)16(23-2)8-12(15)10-20-18(21)11-25-14-7-5-4-6-13(14)19/h4-9H,10-11H2,1-3H3,(H,20,21). The van der Waals surface area contributed by atoms with Crippen molar-refractivity contribution in [2.75, 3.05) is 27.9 Å². The highest BCUT2D eigenvalue weighted by Gasteiger charge is 2.13. The molecule has 1 amide bonds. The summed E-state index contributed by atoms with van der Waals surface area (Å²) in [4.78, 5) is 11.9. The van der Waals surface area contributed by atoms with Crippen molar-refractivity contribution in [2.45, 2.75) is 6.54 Å². The van der Waals surface area contributed by atoms with Gasteiger partial charge in [-0.25, -0.2) is 4.39 Å². The van der Waals surface area contributed by atoms with Crippen molar-refractivity contribution in [3.8, 4) is 23.0 Å². The molecule has 7 heteroatoms. The highest BCUT2D eigenvalue weighted by Crippen LogP contribution is 2.34. The van der Waals surface area contributed by atoms with E-state index in [9.17, 15) is 9.18 Å². The van der Waals surface area contributed by atoms with Crippen LogP contribution in [0.2, 0.25) is 0 Å². The summed E-state index contributed by atoms with van der Waals surface area (Å²) >= 11 is 0. The van der Waals surface area contributed by atoms with Gasteiger partial charge in [-0.05, 0) is 18.2 Å². The van der Waals surface area contributed by atoms with Crippen molar-refractivity contribution < 1.29 is 28.1 Å². The number of carbonyl (C=O) groups excluding carboxylic acids is 1. The van der Waals surface area contributed by atoms with Gasteiger partial charge in [0, 0.05) is 18.2 Å². The van der Waals surface area contributed by atoms with Crippen molar-refractivity contribution in [3.63, 3.8) is 0 Å². The second kappa shape index (κ2) is 8.77. The number of halogens is 1. The quantitative estimate of drug-likeness (QED) is 0.793. The lowest BCUT2D eigenvalue weighted by Crippen LogP contribution is -2.28. The molecule has 2 rings (SSSR count). The van der Waals surface area contributed by atoms with E-state index in [4.69, 9.17) is 18.9 Å². The number of hydrogen-bond donors (Lipinski definition) is 1. The van der Waals surface area contributed by atoms with E-state index in [2.05, 4.69) is 5.32 Å². The summed E-state index contributed by atoms with van der Waals surface area (Å²) in [7, 11) is 4.57. The van der Waals surface area contributed by atoms with E-state index in [-0.39, 0.29) is 24.8 Å². The van der Waals surface area contributed by atoms with Crippen LogP contribution < -0.4 is 24.3 Å². The molecule has 0 fully saturated rings. The number of methoxy groups -OCH3 is 3. The number of benzene rings is 2. The molecule has 0 aliphatic rings. The first-order valence-electron chi connectivity index (χ1n) is 7.52. The summed E-state index contributed by atoms with van der Waals surface area (Å²) in [5, 5.41) is 2.69. The topological polar surface area (TPSA) is 66.0 Å². The Kier molecular flexibility index (Phi) is 6.45. The minimum Gasteiger partial charge on any atom is -0.496 e. The molecule has 25 heavy (non-hydrogen) atoms. The monoisotopic (exact) mass is 349 g/mol. The molecule has 0 aliphatic heterocycles. The van der Waals surface area contributed by atoms with E-state index in [0.717, 1.165) is 0 Å².